The van der Waals surface area contributed by atoms with E-state index in [2.05, 4.69) is 48.5 Å². The van der Waals surface area contributed by atoms with E-state index in [-0.39, 0.29) is 24.0 Å². The Morgan fingerprint density at radius 1 is 0.418 bits per heavy atom. The molecule has 0 aromatic heterocycles. The fourth-order valence-electron chi connectivity index (χ4n) is 6.98. The third-order valence-electron chi connectivity index (χ3n) is 9.93. The van der Waals surface area contributed by atoms with Gasteiger partial charge in [-0.05, 0) is 44.5 Å². The van der Waals surface area contributed by atoms with E-state index in [1.807, 2.05) is 48.5 Å². The fourth-order valence-corrected chi connectivity index (χ4v) is 6.98. The monoisotopic (exact) mass is 752 g/mol. The van der Waals surface area contributed by atoms with Gasteiger partial charge < -0.3 is 43.0 Å². The normalized spacial score (nSPS) is 12.8. The average Bonchev–Trinajstić information content (AvgIpc) is 3.72. The van der Waals surface area contributed by atoms with Crippen LogP contribution in [0, 0.1) is 0 Å². The van der Waals surface area contributed by atoms with Crippen LogP contribution in [0.25, 0.3) is 22.3 Å². The molecule has 0 saturated carbocycles. The van der Waals surface area contributed by atoms with E-state index in [0.29, 0.717) is 92.4 Å². The van der Waals surface area contributed by atoms with E-state index < -0.39 is 0 Å². The minimum absolute atomic E-state index is 0.0333. The standard InChI is InChI=1S/C44H52N2O9/c1-45(43(47)54-31-41-37-15-7-3-11-33(37)34-12-4-8-16-38(34)41)19-21-49-23-25-51-27-29-53-30-28-52-26-24-50-22-20-46(2)44(48)55-32-42-39-17-9-5-13-35(39)36-14-6-10-18-40(36)42/h3-18,41-42H,19-32H2,1-2H3. The molecular weight excluding hydrogens is 700 g/mol. The van der Waals surface area contributed by atoms with Crippen molar-refractivity contribution in [3.05, 3.63) is 119 Å². The lowest BCUT2D eigenvalue weighted by Gasteiger charge is -2.19. The highest BCUT2D eigenvalue weighted by molar-refractivity contribution is 5.80. The van der Waals surface area contributed by atoms with Crippen molar-refractivity contribution < 1.29 is 42.7 Å². The molecule has 2 aliphatic rings. The van der Waals surface area contributed by atoms with E-state index in [1.54, 1.807) is 14.1 Å². The zero-order chi connectivity index (χ0) is 38.2. The Kier molecular flexibility index (Phi) is 15.1. The highest BCUT2D eigenvalue weighted by Gasteiger charge is 2.30. The molecule has 4 aromatic rings. The molecule has 0 bridgehead atoms. The van der Waals surface area contributed by atoms with Gasteiger partial charge in [-0.3, -0.25) is 0 Å². The Labute approximate surface area is 324 Å². The molecule has 11 nitrogen and oxygen atoms in total. The molecule has 0 heterocycles. The first kappa shape index (κ1) is 39.9. The predicted molar refractivity (Wildman–Crippen MR) is 209 cm³/mol. The molecule has 292 valence electrons. The van der Waals surface area contributed by atoms with Crippen LogP contribution in [-0.2, 0) is 33.2 Å². The second kappa shape index (κ2) is 20.8. The molecule has 0 unspecified atom stereocenters. The van der Waals surface area contributed by atoms with Gasteiger partial charge in [0, 0.05) is 39.0 Å². The number of rotatable bonds is 22. The summed E-state index contributed by atoms with van der Waals surface area (Å²) in [5, 5.41) is 0. The zero-order valence-electron chi connectivity index (χ0n) is 31.9. The number of fused-ring (bicyclic) bond motifs is 6. The Morgan fingerprint density at radius 2 is 0.673 bits per heavy atom. The van der Waals surface area contributed by atoms with E-state index in [0.717, 1.165) is 0 Å². The summed E-state index contributed by atoms with van der Waals surface area (Å²) in [7, 11) is 3.42. The maximum atomic E-state index is 12.6. The molecule has 0 radical (unpaired) electrons. The number of likely N-dealkylation sites (N-methyl/N-ethyl adjacent to an activating group) is 2. The number of carbonyl (C=O) groups excluding carboxylic acids is 2. The predicted octanol–water partition coefficient (Wildman–Crippen LogP) is 6.83. The summed E-state index contributed by atoms with van der Waals surface area (Å²) in [6.45, 7) is 5.70. The van der Waals surface area contributed by atoms with E-state index >= 15 is 0 Å². The summed E-state index contributed by atoms with van der Waals surface area (Å²) in [6, 6.07) is 33.1. The van der Waals surface area contributed by atoms with Gasteiger partial charge in [0.05, 0.1) is 66.1 Å². The van der Waals surface area contributed by atoms with Gasteiger partial charge in [0.2, 0.25) is 0 Å². The highest BCUT2D eigenvalue weighted by atomic mass is 16.6. The molecule has 0 aliphatic heterocycles. The van der Waals surface area contributed by atoms with Gasteiger partial charge in [-0.25, -0.2) is 9.59 Å². The van der Waals surface area contributed by atoms with Gasteiger partial charge in [0.15, 0.2) is 0 Å². The molecule has 0 N–H and O–H groups in total. The van der Waals surface area contributed by atoms with Crippen LogP contribution in [0.5, 0.6) is 0 Å². The van der Waals surface area contributed by atoms with Gasteiger partial charge in [0.1, 0.15) is 13.2 Å². The van der Waals surface area contributed by atoms with Crippen LogP contribution >= 0.6 is 0 Å². The van der Waals surface area contributed by atoms with Crippen LogP contribution in [0.1, 0.15) is 34.1 Å². The molecule has 11 heteroatoms. The molecule has 55 heavy (non-hydrogen) atoms. The van der Waals surface area contributed by atoms with Crippen molar-refractivity contribution in [1.29, 1.82) is 0 Å². The molecule has 0 spiro atoms. The van der Waals surface area contributed by atoms with Crippen molar-refractivity contribution in [3.8, 4) is 22.3 Å². The van der Waals surface area contributed by atoms with Gasteiger partial charge in [-0.2, -0.15) is 0 Å². The third kappa shape index (κ3) is 10.7. The van der Waals surface area contributed by atoms with Crippen molar-refractivity contribution in [2.45, 2.75) is 11.8 Å². The summed E-state index contributed by atoms with van der Waals surface area (Å²) in [6.07, 6.45) is -0.738. The number of ether oxygens (including phenoxy) is 7. The number of hydrogen-bond donors (Lipinski definition) is 0. The molecule has 0 atom stereocenters. The van der Waals surface area contributed by atoms with Crippen LogP contribution in [0.4, 0.5) is 9.59 Å². The number of amides is 2. The minimum atomic E-state index is -0.369. The SMILES string of the molecule is CN(CCOCCOCCOCCOCCOCCN(C)C(=O)OCC1c2ccccc2-c2ccccc21)C(=O)OCC1c2ccccc2-c2ccccc21. The Balaban J connectivity index is 0.705. The molecule has 4 aromatic carbocycles. The van der Waals surface area contributed by atoms with Crippen LogP contribution in [0.15, 0.2) is 97.1 Å². The minimum Gasteiger partial charge on any atom is -0.448 e. The first-order chi connectivity index (χ1) is 27.0. The van der Waals surface area contributed by atoms with Crippen molar-refractivity contribution in [2.75, 3.05) is 106 Å². The number of hydrogen-bond acceptors (Lipinski definition) is 9. The fraction of sp³-hybridized carbons (Fsp3) is 0.409. The van der Waals surface area contributed by atoms with E-state index in [4.69, 9.17) is 33.2 Å². The van der Waals surface area contributed by atoms with Crippen LogP contribution in [-0.4, -0.2) is 128 Å². The van der Waals surface area contributed by atoms with Gasteiger partial charge in [0.25, 0.3) is 0 Å². The maximum absolute atomic E-state index is 12.6. The second-order valence-electron chi connectivity index (χ2n) is 13.5. The lowest BCUT2D eigenvalue weighted by Crippen LogP contribution is -2.32. The lowest BCUT2D eigenvalue weighted by atomic mass is 9.98. The first-order valence-electron chi connectivity index (χ1n) is 19.0. The van der Waals surface area contributed by atoms with Gasteiger partial charge in [-0.15, -0.1) is 0 Å². The Bertz CT molecular complexity index is 1610. The van der Waals surface area contributed by atoms with Crippen molar-refractivity contribution in [3.63, 3.8) is 0 Å². The molecule has 2 amide bonds. The third-order valence-corrected chi connectivity index (χ3v) is 9.93. The summed E-state index contributed by atoms with van der Waals surface area (Å²) in [5.74, 6) is 0.0666. The maximum Gasteiger partial charge on any atom is 0.409 e. The van der Waals surface area contributed by atoms with E-state index in [1.165, 1.54) is 54.3 Å². The van der Waals surface area contributed by atoms with Crippen molar-refractivity contribution in [1.82, 2.24) is 9.80 Å². The second-order valence-corrected chi connectivity index (χ2v) is 13.5. The lowest BCUT2D eigenvalue weighted by molar-refractivity contribution is -0.0128. The van der Waals surface area contributed by atoms with Crippen molar-refractivity contribution >= 4 is 12.2 Å². The van der Waals surface area contributed by atoms with Crippen LogP contribution in [0.3, 0.4) is 0 Å². The topological polar surface area (TPSA) is 105 Å². The summed E-state index contributed by atoms with van der Waals surface area (Å²) < 4.78 is 39.3. The molecule has 0 saturated heterocycles. The molecule has 2 aliphatic carbocycles. The Morgan fingerprint density at radius 3 is 0.964 bits per heavy atom. The van der Waals surface area contributed by atoms with Crippen molar-refractivity contribution in [2.24, 2.45) is 0 Å². The summed E-state index contributed by atoms with van der Waals surface area (Å²) >= 11 is 0. The quantitative estimate of drug-likeness (QED) is 0.0800. The summed E-state index contributed by atoms with van der Waals surface area (Å²) in [5.41, 5.74) is 9.57. The largest absolute Gasteiger partial charge is 0.448 e. The summed E-state index contributed by atoms with van der Waals surface area (Å²) in [4.78, 5) is 28.3. The number of carbonyl (C=O) groups is 2. The molecule has 6 rings (SSSR count). The zero-order valence-corrected chi connectivity index (χ0v) is 31.9. The van der Waals surface area contributed by atoms with Gasteiger partial charge >= 0.3 is 12.2 Å². The average molecular weight is 753 g/mol. The van der Waals surface area contributed by atoms with Crippen LogP contribution in [0.2, 0.25) is 0 Å². The smallest absolute Gasteiger partial charge is 0.409 e. The first-order valence-corrected chi connectivity index (χ1v) is 19.0. The Hall–Kier alpha value is -4.78. The number of nitrogens with zero attached hydrogens (tertiary/aromatic N) is 2. The van der Waals surface area contributed by atoms with E-state index in [9.17, 15) is 9.59 Å². The molecular formula is C44H52N2O9. The van der Waals surface area contributed by atoms with Crippen LogP contribution < -0.4 is 0 Å². The van der Waals surface area contributed by atoms with Gasteiger partial charge in [-0.1, -0.05) is 97.1 Å². The number of benzene rings is 4. The molecule has 0 fully saturated rings. The highest BCUT2D eigenvalue weighted by Crippen LogP contribution is 2.45.